The van der Waals surface area contributed by atoms with Crippen molar-refractivity contribution in [3.8, 4) is 17.2 Å². The molecule has 1 heterocycles. The number of nitrogens with one attached hydrogen (secondary N) is 1. The molecule has 2 aromatic rings. The first kappa shape index (κ1) is 19.8. The molecular weight excluding hydrogens is 354 g/mol. The van der Waals surface area contributed by atoms with Crippen LogP contribution in [0.3, 0.4) is 0 Å². The van der Waals surface area contributed by atoms with Gasteiger partial charge in [0.15, 0.2) is 18.1 Å². The summed E-state index contributed by atoms with van der Waals surface area (Å²) >= 11 is 0. The lowest BCUT2D eigenvalue weighted by Crippen LogP contribution is -2.27. The molecule has 2 aromatic carbocycles. The Kier molecular flexibility index (Phi) is 5.63. The summed E-state index contributed by atoms with van der Waals surface area (Å²) in [6, 6.07) is 9.62. The van der Waals surface area contributed by atoms with Gasteiger partial charge in [0.2, 0.25) is 0 Å². The van der Waals surface area contributed by atoms with Gasteiger partial charge in [0.05, 0.1) is 7.11 Å². The summed E-state index contributed by atoms with van der Waals surface area (Å²) in [5.41, 5.74) is 3.51. The molecule has 1 aliphatic rings. The van der Waals surface area contributed by atoms with Gasteiger partial charge < -0.3 is 19.5 Å². The third-order valence-corrected chi connectivity index (χ3v) is 4.70. The first-order valence-corrected chi connectivity index (χ1v) is 9.44. The van der Waals surface area contributed by atoms with Crippen LogP contribution in [0.15, 0.2) is 36.4 Å². The minimum Gasteiger partial charge on any atom is -0.493 e. The molecule has 0 saturated carbocycles. The fourth-order valence-electron chi connectivity index (χ4n) is 3.18. The van der Waals surface area contributed by atoms with Crippen LogP contribution in [0.2, 0.25) is 0 Å². The Morgan fingerprint density at radius 1 is 1.21 bits per heavy atom. The smallest absolute Gasteiger partial charge is 0.262 e. The number of benzene rings is 2. The van der Waals surface area contributed by atoms with E-state index in [2.05, 4.69) is 12.2 Å². The van der Waals surface area contributed by atoms with Gasteiger partial charge in [-0.15, -0.1) is 0 Å². The summed E-state index contributed by atoms with van der Waals surface area (Å²) in [6.45, 7) is 7.89. The highest BCUT2D eigenvalue weighted by molar-refractivity contribution is 5.93. The Morgan fingerprint density at radius 3 is 2.71 bits per heavy atom. The molecule has 3 rings (SSSR count). The zero-order valence-electron chi connectivity index (χ0n) is 17.1. The average molecular weight is 381 g/mol. The lowest BCUT2D eigenvalue weighted by molar-refractivity contribution is -0.118. The van der Waals surface area contributed by atoms with E-state index in [-0.39, 0.29) is 12.5 Å². The van der Waals surface area contributed by atoms with Crippen LogP contribution >= 0.6 is 0 Å². The van der Waals surface area contributed by atoms with Crippen LogP contribution in [0.1, 0.15) is 37.5 Å². The van der Waals surface area contributed by atoms with Crippen molar-refractivity contribution in [2.24, 2.45) is 0 Å². The van der Waals surface area contributed by atoms with E-state index >= 15 is 0 Å². The molecule has 0 atom stereocenters. The maximum Gasteiger partial charge on any atom is 0.262 e. The highest BCUT2D eigenvalue weighted by Gasteiger charge is 2.24. The average Bonchev–Trinajstić information content (AvgIpc) is 2.66. The molecule has 1 N–H and O–H groups in total. The van der Waals surface area contributed by atoms with Gasteiger partial charge in [-0.3, -0.25) is 4.79 Å². The highest BCUT2D eigenvalue weighted by atomic mass is 16.5. The second kappa shape index (κ2) is 7.97. The molecule has 0 spiro atoms. The minimum absolute atomic E-state index is 0.119. The van der Waals surface area contributed by atoms with Crippen molar-refractivity contribution >= 4 is 17.7 Å². The second-order valence-corrected chi connectivity index (χ2v) is 7.38. The number of hydrogen-bond acceptors (Lipinski definition) is 4. The van der Waals surface area contributed by atoms with E-state index in [1.54, 1.807) is 13.2 Å². The van der Waals surface area contributed by atoms with Crippen LogP contribution < -0.4 is 19.5 Å². The van der Waals surface area contributed by atoms with Crippen LogP contribution in [0.5, 0.6) is 17.2 Å². The SMILES string of the molecule is CCc1cccc(C)c1NC(=O)COc1cc2c(cc1OC)C=CC(C)(C)O2. The van der Waals surface area contributed by atoms with Gasteiger partial charge in [-0.05, 0) is 50.5 Å². The lowest BCUT2D eigenvalue weighted by Gasteiger charge is -2.28. The number of carbonyl (C=O) groups is 1. The third kappa shape index (κ3) is 4.30. The summed E-state index contributed by atoms with van der Waals surface area (Å²) < 4.78 is 17.2. The van der Waals surface area contributed by atoms with Crippen molar-refractivity contribution in [1.29, 1.82) is 0 Å². The van der Waals surface area contributed by atoms with Crippen molar-refractivity contribution in [2.45, 2.75) is 39.7 Å². The van der Waals surface area contributed by atoms with E-state index in [0.29, 0.717) is 17.2 Å². The predicted octanol–water partition coefficient (Wildman–Crippen LogP) is 4.77. The maximum atomic E-state index is 12.5. The van der Waals surface area contributed by atoms with E-state index in [9.17, 15) is 4.79 Å². The zero-order chi connectivity index (χ0) is 20.3. The summed E-state index contributed by atoms with van der Waals surface area (Å²) in [6.07, 6.45) is 4.84. The van der Waals surface area contributed by atoms with Crippen molar-refractivity contribution < 1.29 is 19.0 Å². The molecule has 0 bridgehead atoms. The molecule has 5 heteroatoms. The normalized spacial score (nSPS) is 14.0. The number of para-hydroxylation sites is 1. The molecule has 0 aliphatic carbocycles. The third-order valence-electron chi connectivity index (χ3n) is 4.70. The first-order valence-electron chi connectivity index (χ1n) is 9.44. The number of hydrogen-bond donors (Lipinski definition) is 1. The van der Waals surface area contributed by atoms with Crippen molar-refractivity contribution in [2.75, 3.05) is 19.0 Å². The largest absolute Gasteiger partial charge is 0.493 e. The fraction of sp³-hybridized carbons (Fsp3) is 0.348. The standard InChI is InChI=1S/C23H27NO4/c1-6-16-9-7-8-15(2)22(16)24-21(25)14-27-20-13-18-17(12-19(20)26-5)10-11-23(3,4)28-18/h7-13H,6,14H2,1-5H3,(H,24,25). The summed E-state index contributed by atoms with van der Waals surface area (Å²) in [5.74, 6) is 1.52. The molecule has 148 valence electrons. The number of fused-ring (bicyclic) bond motifs is 1. The number of anilines is 1. The van der Waals surface area contributed by atoms with Crippen LogP contribution in [0, 0.1) is 6.92 Å². The monoisotopic (exact) mass is 381 g/mol. The van der Waals surface area contributed by atoms with Gasteiger partial charge >= 0.3 is 0 Å². The molecule has 1 aliphatic heterocycles. The first-order chi connectivity index (χ1) is 13.3. The molecular formula is C23H27NO4. The van der Waals surface area contributed by atoms with Crippen LogP contribution in [-0.2, 0) is 11.2 Å². The van der Waals surface area contributed by atoms with Crippen LogP contribution in [0.4, 0.5) is 5.69 Å². The van der Waals surface area contributed by atoms with Crippen molar-refractivity contribution in [3.63, 3.8) is 0 Å². The molecule has 0 radical (unpaired) electrons. The molecule has 28 heavy (non-hydrogen) atoms. The number of rotatable bonds is 6. The number of aryl methyl sites for hydroxylation is 2. The summed E-state index contributed by atoms with van der Waals surface area (Å²) in [7, 11) is 1.58. The van der Waals surface area contributed by atoms with Crippen LogP contribution in [0.25, 0.3) is 6.08 Å². The van der Waals surface area contributed by atoms with E-state index in [1.807, 2.05) is 57.2 Å². The molecule has 0 fully saturated rings. The molecule has 0 unspecified atom stereocenters. The van der Waals surface area contributed by atoms with Gasteiger partial charge in [-0.25, -0.2) is 0 Å². The Labute approximate surface area is 166 Å². The molecule has 1 amide bonds. The molecule has 0 saturated heterocycles. The summed E-state index contributed by atoms with van der Waals surface area (Å²) in [4.78, 5) is 12.5. The number of methoxy groups -OCH3 is 1. The van der Waals surface area contributed by atoms with E-state index in [4.69, 9.17) is 14.2 Å². The number of carbonyl (C=O) groups excluding carboxylic acids is 1. The highest BCUT2D eigenvalue weighted by Crippen LogP contribution is 2.39. The summed E-state index contributed by atoms with van der Waals surface area (Å²) in [5, 5.41) is 2.97. The fourth-order valence-corrected chi connectivity index (χ4v) is 3.18. The molecule has 5 nitrogen and oxygen atoms in total. The maximum absolute atomic E-state index is 12.5. The molecule has 0 aromatic heterocycles. The Balaban J connectivity index is 1.74. The van der Waals surface area contributed by atoms with Crippen molar-refractivity contribution in [3.05, 3.63) is 53.1 Å². The van der Waals surface area contributed by atoms with E-state index in [0.717, 1.165) is 28.8 Å². The number of amides is 1. The van der Waals surface area contributed by atoms with Gasteiger partial charge in [-0.2, -0.15) is 0 Å². The Morgan fingerprint density at radius 2 is 2.00 bits per heavy atom. The topological polar surface area (TPSA) is 56.8 Å². The van der Waals surface area contributed by atoms with E-state index < -0.39 is 5.60 Å². The van der Waals surface area contributed by atoms with Crippen molar-refractivity contribution in [1.82, 2.24) is 0 Å². The van der Waals surface area contributed by atoms with Gasteiger partial charge in [0.25, 0.3) is 5.91 Å². The number of ether oxygens (including phenoxy) is 3. The van der Waals surface area contributed by atoms with Crippen LogP contribution in [-0.4, -0.2) is 25.2 Å². The lowest BCUT2D eigenvalue weighted by atomic mass is 10.0. The zero-order valence-corrected chi connectivity index (χ0v) is 17.1. The Bertz CT molecular complexity index is 915. The predicted molar refractivity (Wildman–Crippen MR) is 111 cm³/mol. The Hall–Kier alpha value is -2.95. The van der Waals surface area contributed by atoms with Gasteiger partial charge in [0.1, 0.15) is 11.4 Å². The second-order valence-electron chi connectivity index (χ2n) is 7.38. The minimum atomic E-state index is -0.391. The van der Waals surface area contributed by atoms with Gasteiger partial charge in [0, 0.05) is 17.3 Å². The quantitative estimate of drug-likeness (QED) is 0.783. The van der Waals surface area contributed by atoms with E-state index in [1.165, 1.54) is 0 Å². The van der Waals surface area contributed by atoms with Gasteiger partial charge in [-0.1, -0.05) is 31.2 Å².